The second-order valence-corrected chi connectivity index (χ2v) is 6.81. The molecular formula is C16H32N2. The molecule has 0 aromatic carbocycles. The van der Waals surface area contributed by atoms with Crippen LogP contribution in [0.15, 0.2) is 0 Å². The maximum absolute atomic E-state index is 3.63. The van der Waals surface area contributed by atoms with Crippen LogP contribution in [0.5, 0.6) is 0 Å². The number of hydrogen-bond acceptors (Lipinski definition) is 2. The molecule has 0 amide bonds. The van der Waals surface area contributed by atoms with E-state index in [0.717, 1.165) is 30.0 Å². The average molecular weight is 252 g/mol. The van der Waals surface area contributed by atoms with E-state index in [1.807, 2.05) is 0 Å². The predicted octanol–water partition coefficient (Wildman–Crippen LogP) is 3.27. The van der Waals surface area contributed by atoms with Gasteiger partial charge in [0, 0.05) is 18.1 Å². The summed E-state index contributed by atoms with van der Waals surface area (Å²) in [5, 5.41) is 3.63. The Labute approximate surface area is 114 Å². The van der Waals surface area contributed by atoms with Crippen LogP contribution in [0.25, 0.3) is 0 Å². The minimum Gasteiger partial charge on any atom is -0.317 e. The third-order valence-electron chi connectivity index (χ3n) is 5.51. The molecule has 0 spiro atoms. The molecule has 2 bridgehead atoms. The highest BCUT2D eigenvalue weighted by atomic mass is 15.2. The first-order valence-corrected chi connectivity index (χ1v) is 8.04. The third kappa shape index (κ3) is 3.08. The van der Waals surface area contributed by atoms with Gasteiger partial charge in [0.2, 0.25) is 0 Å². The number of piperidine rings is 1. The first-order chi connectivity index (χ1) is 8.65. The van der Waals surface area contributed by atoms with E-state index in [1.54, 1.807) is 0 Å². The zero-order valence-corrected chi connectivity index (χ0v) is 12.8. The quantitative estimate of drug-likeness (QED) is 0.780. The van der Waals surface area contributed by atoms with Crippen LogP contribution < -0.4 is 5.32 Å². The van der Waals surface area contributed by atoms with E-state index in [9.17, 15) is 0 Å². The molecule has 0 radical (unpaired) electrons. The Morgan fingerprint density at radius 2 is 1.83 bits per heavy atom. The van der Waals surface area contributed by atoms with E-state index in [0.29, 0.717) is 0 Å². The summed E-state index contributed by atoms with van der Waals surface area (Å²) in [5.74, 6) is 1.80. The van der Waals surface area contributed by atoms with E-state index >= 15 is 0 Å². The Kier molecular flexibility index (Phi) is 5.08. The maximum atomic E-state index is 3.63. The Morgan fingerprint density at radius 1 is 1.22 bits per heavy atom. The highest BCUT2D eigenvalue weighted by molar-refractivity contribution is 4.96. The summed E-state index contributed by atoms with van der Waals surface area (Å²) in [7, 11) is 4.51. The second-order valence-electron chi connectivity index (χ2n) is 6.81. The zero-order chi connectivity index (χ0) is 13.1. The number of nitrogens with zero attached hydrogens (tertiary/aromatic N) is 1. The summed E-state index contributed by atoms with van der Waals surface area (Å²) in [6.07, 6.45) is 9.83. The van der Waals surface area contributed by atoms with Crippen LogP contribution in [0, 0.1) is 11.8 Å². The number of hydrogen-bond donors (Lipinski definition) is 1. The van der Waals surface area contributed by atoms with E-state index in [-0.39, 0.29) is 0 Å². The molecule has 2 rings (SSSR count). The molecule has 2 aliphatic rings. The lowest BCUT2D eigenvalue weighted by atomic mass is 9.81. The summed E-state index contributed by atoms with van der Waals surface area (Å²) < 4.78 is 0. The fraction of sp³-hybridized carbons (Fsp3) is 1.00. The molecule has 2 heteroatoms. The van der Waals surface area contributed by atoms with Gasteiger partial charge in [0.25, 0.3) is 0 Å². The first kappa shape index (κ1) is 14.3. The van der Waals surface area contributed by atoms with E-state index < -0.39 is 0 Å². The van der Waals surface area contributed by atoms with Gasteiger partial charge < -0.3 is 10.2 Å². The topological polar surface area (TPSA) is 15.3 Å². The van der Waals surface area contributed by atoms with Gasteiger partial charge in [-0.15, -0.1) is 0 Å². The highest BCUT2D eigenvalue weighted by Gasteiger charge is 2.40. The summed E-state index contributed by atoms with van der Waals surface area (Å²) in [5.41, 5.74) is 0. The lowest BCUT2D eigenvalue weighted by molar-refractivity contribution is 0.107. The van der Waals surface area contributed by atoms with Gasteiger partial charge >= 0.3 is 0 Å². The van der Waals surface area contributed by atoms with E-state index in [1.165, 1.54) is 44.9 Å². The summed E-state index contributed by atoms with van der Waals surface area (Å²) >= 11 is 0. The van der Waals surface area contributed by atoms with Crippen molar-refractivity contribution in [2.24, 2.45) is 11.8 Å². The van der Waals surface area contributed by atoms with Crippen molar-refractivity contribution in [1.82, 2.24) is 10.2 Å². The maximum Gasteiger partial charge on any atom is 0.00989 e. The van der Waals surface area contributed by atoms with Crippen molar-refractivity contribution in [3.63, 3.8) is 0 Å². The van der Waals surface area contributed by atoms with Gasteiger partial charge in [0.1, 0.15) is 0 Å². The SMILES string of the molecule is CCCC(C)CC(NC)C1CC2CCC(C1)N2C. The average Bonchev–Trinajstić information content (AvgIpc) is 2.58. The normalized spacial score (nSPS) is 35.7. The highest BCUT2D eigenvalue weighted by Crippen LogP contribution is 2.39. The van der Waals surface area contributed by atoms with Crippen molar-refractivity contribution in [1.29, 1.82) is 0 Å². The Balaban J connectivity index is 1.89. The molecule has 0 aromatic heterocycles. The largest absolute Gasteiger partial charge is 0.317 e. The summed E-state index contributed by atoms with van der Waals surface area (Å²) in [4.78, 5) is 2.65. The molecule has 2 aliphatic heterocycles. The molecule has 18 heavy (non-hydrogen) atoms. The van der Waals surface area contributed by atoms with Crippen molar-refractivity contribution < 1.29 is 0 Å². The summed E-state index contributed by atoms with van der Waals surface area (Å²) in [6, 6.07) is 2.51. The minimum atomic E-state index is 0.753. The molecule has 4 atom stereocenters. The van der Waals surface area contributed by atoms with Crippen LogP contribution >= 0.6 is 0 Å². The molecule has 0 aliphatic carbocycles. The lowest BCUT2D eigenvalue weighted by Gasteiger charge is -2.40. The molecule has 106 valence electrons. The van der Waals surface area contributed by atoms with Crippen LogP contribution in [-0.4, -0.2) is 37.1 Å². The third-order valence-corrected chi connectivity index (χ3v) is 5.51. The van der Waals surface area contributed by atoms with Gasteiger partial charge in [0.15, 0.2) is 0 Å². The standard InChI is InChI=1S/C16H32N2/c1-5-6-12(2)9-16(17-3)13-10-14-7-8-15(11-13)18(14)4/h12-17H,5-11H2,1-4H3. The van der Waals surface area contributed by atoms with Crippen molar-refractivity contribution in [2.75, 3.05) is 14.1 Å². The Hall–Kier alpha value is -0.0800. The van der Waals surface area contributed by atoms with Crippen molar-refractivity contribution in [2.45, 2.75) is 76.9 Å². The number of fused-ring (bicyclic) bond motifs is 2. The fourth-order valence-electron chi connectivity index (χ4n) is 4.37. The molecule has 2 nitrogen and oxygen atoms in total. The van der Waals surface area contributed by atoms with Gasteiger partial charge in [0.05, 0.1) is 0 Å². The number of rotatable bonds is 6. The van der Waals surface area contributed by atoms with Crippen LogP contribution in [0.3, 0.4) is 0 Å². The zero-order valence-electron chi connectivity index (χ0n) is 12.8. The van der Waals surface area contributed by atoms with Crippen molar-refractivity contribution in [3.05, 3.63) is 0 Å². The van der Waals surface area contributed by atoms with Gasteiger partial charge in [-0.2, -0.15) is 0 Å². The van der Waals surface area contributed by atoms with Gasteiger partial charge in [-0.05, 0) is 58.0 Å². The lowest BCUT2D eigenvalue weighted by Crippen LogP contribution is -2.46. The van der Waals surface area contributed by atoms with Crippen LogP contribution in [-0.2, 0) is 0 Å². The fourth-order valence-corrected chi connectivity index (χ4v) is 4.37. The molecule has 1 N–H and O–H groups in total. The Morgan fingerprint density at radius 3 is 2.33 bits per heavy atom. The van der Waals surface area contributed by atoms with Crippen molar-refractivity contribution in [3.8, 4) is 0 Å². The van der Waals surface area contributed by atoms with Gasteiger partial charge in [-0.25, -0.2) is 0 Å². The molecular weight excluding hydrogens is 220 g/mol. The van der Waals surface area contributed by atoms with Gasteiger partial charge in [-0.3, -0.25) is 0 Å². The molecule has 4 unspecified atom stereocenters. The molecule has 0 aromatic rings. The Bertz CT molecular complexity index is 239. The molecule has 2 saturated heterocycles. The number of nitrogens with one attached hydrogen (secondary N) is 1. The monoisotopic (exact) mass is 252 g/mol. The van der Waals surface area contributed by atoms with Crippen LogP contribution in [0.4, 0.5) is 0 Å². The smallest absolute Gasteiger partial charge is 0.00989 e. The summed E-state index contributed by atoms with van der Waals surface area (Å²) in [6.45, 7) is 4.73. The van der Waals surface area contributed by atoms with Gasteiger partial charge in [-0.1, -0.05) is 26.7 Å². The van der Waals surface area contributed by atoms with E-state index in [4.69, 9.17) is 0 Å². The molecule has 0 saturated carbocycles. The molecule has 2 heterocycles. The van der Waals surface area contributed by atoms with Crippen LogP contribution in [0.1, 0.15) is 58.8 Å². The van der Waals surface area contributed by atoms with Crippen molar-refractivity contribution >= 4 is 0 Å². The van der Waals surface area contributed by atoms with Crippen LogP contribution in [0.2, 0.25) is 0 Å². The molecule has 2 fully saturated rings. The first-order valence-electron chi connectivity index (χ1n) is 8.04. The minimum absolute atomic E-state index is 0.753. The second kappa shape index (κ2) is 6.38. The van der Waals surface area contributed by atoms with E-state index in [2.05, 4.69) is 38.2 Å². The predicted molar refractivity (Wildman–Crippen MR) is 78.8 cm³/mol.